The minimum Gasteiger partial charge on any atom is -0.454 e. The number of nitrogens with zero attached hydrogens (tertiary/aromatic N) is 3. The smallest absolute Gasteiger partial charge is 0.325 e. The molecule has 1 atom stereocenters. The first-order valence-electron chi connectivity index (χ1n) is 11.2. The number of hydrogen-bond acceptors (Lipinski definition) is 6. The average molecular weight is 450 g/mol. The predicted molar refractivity (Wildman–Crippen MR) is 118 cm³/mol. The number of pyridine rings is 1. The fourth-order valence-electron chi connectivity index (χ4n) is 5.03. The van der Waals surface area contributed by atoms with Gasteiger partial charge in [-0.15, -0.1) is 0 Å². The minimum absolute atomic E-state index is 0.0477. The molecular weight excluding hydrogens is 424 g/mol. The molecule has 33 heavy (non-hydrogen) atoms. The zero-order valence-corrected chi connectivity index (χ0v) is 18.5. The van der Waals surface area contributed by atoms with Crippen LogP contribution in [-0.4, -0.2) is 58.1 Å². The lowest BCUT2D eigenvalue weighted by atomic mass is 9.75. The number of urea groups is 1. The number of likely N-dealkylation sites (tertiary alicyclic amines) is 1. The summed E-state index contributed by atoms with van der Waals surface area (Å²) in [6.45, 7) is 3.27. The molecule has 172 valence electrons. The number of carbonyl (C=O) groups is 3. The number of imide groups is 1. The van der Waals surface area contributed by atoms with Crippen molar-refractivity contribution in [1.82, 2.24) is 20.1 Å². The summed E-state index contributed by atoms with van der Waals surface area (Å²) in [6.07, 6.45) is 3.41. The van der Waals surface area contributed by atoms with Crippen LogP contribution in [0.25, 0.3) is 0 Å². The van der Waals surface area contributed by atoms with E-state index in [-0.39, 0.29) is 37.1 Å². The molecule has 4 heterocycles. The van der Waals surface area contributed by atoms with Gasteiger partial charge in [0.1, 0.15) is 5.54 Å². The Hall–Kier alpha value is -3.62. The van der Waals surface area contributed by atoms with Gasteiger partial charge in [0.15, 0.2) is 11.5 Å². The number of piperidine rings is 1. The zero-order chi connectivity index (χ0) is 23.0. The largest absolute Gasteiger partial charge is 0.454 e. The van der Waals surface area contributed by atoms with E-state index in [1.54, 1.807) is 41.4 Å². The van der Waals surface area contributed by atoms with Crippen molar-refractivity contribution in [3.8, 4) is 11.5 Å². The van der Waals surface area contributed by atoms with Crippen molar-refractivity contribution >= 4 is 17.8 Å². The number of amides is 4. The molecule has 9 nitrogen and oxygen atoms in total. The maximum Gasteiger partial charge on any atom is 0.325 e. The highest BCUT2D eigenvalue weighted by Crippen LogP contribution is 2.37. The molecule has 1 aromatic heterocycles. The summed E-state index contributed by atoms with van der Waals surface area (Å²) in [5.74, 6) is 0.888. The fourth-order valence-corrected chi connectivity index (χ4v) is 5.03. The number of hydrogen-bond donors (Lipinski definition) is 1. The first-order valence-corrected chi connectivity index (χ1v) is 11.2. The Morgan fingerprint density at radius 3 is 2.67 bits per heavy atom. The molecule has 1 unspecified atom stereocenters. The number of ether oxygens (including phenoxy) is 2. The molecule has 2 aromatic rings. The van der Waals surface area contributed by atoms with Crippen LogP contribution < -0.4 is 14.8 Å². The van der Waals surface area contributed by atoms with Crippen LogP contribution in [0, 0.1) is 5.92 Å². The van der Waals surface area contributed by atoms with Gasteiger partial charge in [-0.25, -0.2) is 4.79 Å². The van der Waals surface area contributed by atoms with E-state index in [1.165, 1.54) is 4.90 Å². The third-order valence-electron chi connectivity index (χ3n) is 6.90. The summed E-state index contributed by atoms with van der Waals surface area (Å²) in [5.41, 5.74) is 0.270. The molecule has 0 bridgehead atoms. The Morgan fingerprint density at radius 1 is 1.15 bits per heavy atom. The summed E-state index contributed by atoms with van der Waals surface area (Å²) in [7, 11) is 0. The normalized spacial score (nSPS) is 22.6. The highest BCUT2D eigenvalue weighted by atomic mass is 16.7. The van der Waals surface area contributed by atoms with Gasteiger partial charge in [-0.3, -0.25) is 19.5 Å². The van der Waals surface area contributed by atoms with Gasteiger partial charge in [0.05, 0.1) is 12.2 Å². The molecule has 3 aliphatic rings. The summed E-state index contributed by atoms with van der Waals surface area (Å²) < 4.78 is 10.7. The number of carbonyl (C=O) groups excluding carboxylic acids is 3. The lowest BCUT2D eigenvalue weighted by Gasteiger charge is -2.40. The van der Waals surface area contributed by atoms with Crippen LogP contribution in [0.15, 0.2) is 42.6 Å². The van der Waals surface area contributed by atoms with Crippen LogP contribution in [0.4, 0.5) is 4.79 Å². The number of nitrogens with one attached hydrogen (secondary N) is 1. The molecule has 0 spiro atoms. The molecule has 9 heteroatoms. The van der Waals surface area contributed by atoms with Crippen molar-refractivity contribution in [1.29, 1.82) is 0 Å². The second-order valence-electron chi connectivity index (χ2n) is 8.60. The van der Waals surface area contributed by atoms with Crippen LogP contribution in [0.5, 0.6) is 11.5 Å². The van der Waals surface area contributed by atoms with Gasteiger partial charge in [-0.2, -0.15) is 0 Å². The van der Waals surface area contributed by atoms with Crippen LogP contribution in [-0.2, 0) is 11.3 Å². The first-order chi connectivity index (χ1) is 16.0. The predicted octanol–water partition coefficient (Wildman–Crippen LogP) is 2.56. The van der Waals surface area contributed by atoms with E-state index in [0.717, 1.165) is 0 Å². The van der Waals surface area contributed by atoms with Crippen molar-refractivity contribution in [3.05, 3.63) is 53.9 Å². The topological polar surface area (TPSA) is 101 Å². The number of fused-ring (bicyclic) bond motifs is 1. The third-order valence-corrected chi connectivity index (χ3v) is 6.90. The van der Waals surface area contributed by atoms with Crippen LogP contribution in [0.1, 0.15) is 42.2 Å². The molecule has 0 aliphatic carbocycles. The van der Waals surface area contributed by atoms with Crippen LogP contribution in [0.3, 0.4) is 0 Å². The van der Waals surface area contributed by atoms with Gasteiger partial charge in [0, 0.05) is 24.8 Å². The SMILES string of the molecule is CCC1(C2CCN(C(=O)c3ccc4c(c3)OCO4)CC2)NC(=O)N(Cc2ccccn2)C1=O. The van der Waals surface area contributed by atoms with Crippen molar-refractivity contribution < 1.29 is 23.9 Å². The number of aromatic nitrogens is 1. The van der Waals surface area contributed by atoms with E-state index in [4.69, 9.17) is 9.47 Å². The summed E-state index contributed by atoms with van der Waals surface area (Å²) >= 11 is 0. The van der Waals surface area contributed by atoms with E-state index >= 15 is 0 Å². The van der Waals surface area contributed by atoms with Crippen molar-refractivity contribution in [2.75, 3.05) is 19.9 Å². The Morgan fingerprint density at radius 2 is 1.94 bits per heavy atom. The molecule has 1 aromatic carbocycles. The molecular formula is C24H26N4O5. The molecule has 1 N–H and O–H groups in total. The maximum absolute atomic E-state index is 13.4. The maximum atomic E-state index is 13.4. The molecule has 4 amide bonds. The Balaban J connectivity index is 1.27. The lowest BCUT2D eigenvalue weighted by molar-refractivity contribution is -0.134. The lowest BCUT2D eigenvalue weighted by Crippen LogP contribution is -2.56. The summed E-state index contributed by atoms with van der Waals surface area (Å²) in [6, 6.07) is 10.2. The van der Waals surface area contributed by atoms with E-state index in [2.05, 4.69) is 10.3 Å². The van der Waals surface area contributed by atoms with Gasteiger partial charge in [0.2, 0.25) is 6.79 Å². The quantitative estimate of drug-likeness (QED) is 0.703. The van der Waals surface area contributed by atoms with Gasteiger partial charge < -0.3 is 19.7 Å². The second kappa shape index (κ2) is 8.38. The van der Waals surface area contributed by atoms with Crippen molar-refractivity contribution in [2.45, 2.75) is 38.3 Å². The highest BCUT2D eigenvalue weighted by Gasteiger charge is 2.55. The van der Waals surface area contributed by atoms with E-state index in [9.17, 15) is 14.4 Å². The van der Waals surface area contributed by atoms with Gasteiger partial charge >= 0.3 is 6.03 Å². The molecule has 0 radical (unpaired) electrons. The monoisotopic (exact) mass is 450 g/mol. The molecule has 0 saturated carbocycles. The Bertz CT molecular complexity index is 1080. The van der Waals surface area contributed by atoms with Gasteiger partial charge in [-0.05, 0) is 55.5 Å². The Labute approximate surface area is 191 Å². The zero-order valence-electron chi connectivity index (χ0n) is 18.5. The van der Waals surface area contributed by atoms with Crippen molar-refractivity contribution in [2.24, 2.45) is 5.92 Å². The molecule has 5 rings (SSSR count). The minimum atomic E-state index is -0.945. The van der Waals surface area contributed by atoms with E-state index < -0.39 is 5.54 Å². The summed E-state index contributed by atoms with van der Waals surface area (Å²) in [4.78, 5) is 46.5. The van der Waals surface area contributed by atoms with Crippen molar-refractivity contribution in [3.63, 3.8) is 0 Å². The second-order valence-corrected chi connectivity index (χ2v) is 8.60. The van der Waals surface area contributed by atoms with Crippen LogP contribution >= 0.6 is 0 Å². The third kappa shape index (κ3) is 3.67. The molecule has 2 fully saturated rings. The highest BCUT2D eigenvalue weighted by molar-refractivity contribution is 6.07. The number of rotatable bonds is 5. The van der Waals surface area contributed by atoms with E-state index in [0.29, 0.717) is 55.1 Å². The standard InChI is InChI=1S/C24H26N4O5/c1-2-24(22(30)28(23(31)26-24)14-18-5-3-4-10-25-18)17-8-11-27(12-9-17)21(29)16-6-7-19-20(13-16)33-15-32-19/h3-7,10,13,17H,2,8-9,11-12,14-15H2,1H3,(H,26,31). The van der Waals surface area contributed by atoms with Crippen LogP contribution in [0.2, 0.25) is 0 Å². The Kier molecular flexibility index (Phi) is 5.39. The molecule has 3 aliphatic heterocycles. The van der Waals surface area contributed by atoms with Gasteiger partial charge in [-0.1, -0.05) is 13.0 Å². The van der Waals surface area contributed by atoms with E-state index in [1.807, 2.05) is 13.0 Å². The number of benzene rings is 1. The first kappa shape index (κ1) is 21.2. The summed E-state index contributed by atoms with van der Waals surface area (Å²) in [5, 5.41) is 2.99. The average Bonchev–Trinajstić information content (AvgIpc) is 3.42. The molecule has 2 saturated heterocycles. The fraction of sp³-hybridized carbons (Fsp3) is 0.417. The van der Waals surface area contributed by atoms with Gasteiger partial charge in [0.25, 0.3) is 11.8 Å².